The second-order valence-electron chi connectivity index (χ2n) is 5.18. The van der Waals surface area contributed by atoms with Crippen molar-refractivity contribution in [1.82, 2.24) is 5.32 Å². The van der Waals surface area contributed by atoms with E-state index >= 15 is 0 Å². The van der Waals surface area contributed by atoms with Gasteiger partial charge in [0.05, 0.1) is 13.0 Å². The number of rotatable bonds is 8. The maximum atomic E-state index is 11.8. The van der Waals surface area contributed by atoms with Gasteiger partial charge >= 0.3 is 5.97 Å². The predicted octanol–water partition coefficient (Wildman–Crippen LogP) is 2.49. The molecule has 24 heavy (non-hydrogen) atoms. The number of carbonyl (C=O) groups excluding carboxylic acids is 2. The lowest BCUT2D eigenvalue weighted by Crippen LogP contribution is -2.28. The van der Waals surface area contributed by atoms with Gasteiger partial charge in [-0.1, -0.05) is 42.5 Å². The largest absolute Gasteiger partial charge is 0.494 e. The molecule has 0 radical (unpaired) electrons. The van der Waals surface area contributed by atoms with Crippen molar-refractivity contribution in [2.75, 3.05) is 13.2 Å². The van der Waals surface area contributed by atoms with Gasteiger partial charge in [-0.25, -0.2) is 0 Å². The smallest absolute Gasteiger partial charge is 0.310 e. The molecule has 0 atom stereocenters. The molecule has 2 aromatic rings. The summed E-state index contributed by atoms with van der Waals surface area (Å²) in [5, 5.41) is 2.71. The van der Waals surface area contributed by atoms with E-state index in [0.29, 0.717) is 13.2 Å². The third kappa shape index (κ3) is 6.12. The highest BCUT2D eigenvalue weighted by molar-refractivity contribution is 5.81. The van der Waals surface area contributed by atoms with Crippen LogP contribution in [0.5, 0.6) is 5.75 Å². The molecule has 2 aromatic carbocycles. The number of hydrogen-bond donors (Lipinski definition) is 1. The molecule has 0 heterocycles. The lowest BCUT2D eigenvalue weighted by molar-refractivity contribution is -0.147. The highest BCUT2D eigenvalue weighted by Crippen LogP contribution is 2.12. The van der Waals surface area contributed by atoms with Gasteiger partial charge in [0.15, 0.2) is 6.61 Å². The van der Waals surface area contributed by atoms with Crippen LogP contribution >= 0.6 is 0 Å². The van der Waals surface area contributed by atoms with Crippen molar-refractivity contribution >= 4 is 11.9 Å². The van der Waals surface area contributed by atoms with E-state index in [-0.39, 0.29) is 18.9 Å². The highest BCUT2D eigenvalue weighted by atomic mass is 16.5. The molecule has 0 saturated carbocycles. The van der Waals surface area contributed by atoms with Crippen LogP contribution in [0.2, 0.25) is 0 Å². The molecule has 0 aliphatic carbocycles. The quantitative estimate of drug-likeness (QED) is 0.757. The summed E-state index contributed by atoms with van der Waals surface area (Å²) in [4.78, 5) is 23.5. The van der Waals surface area contributed by atoms with Crippen LogP contribution in [-0.2, 0) is 27.3 Å². The number of nitrogens with one attached hydrogen (secondary N) is 1. The predicted molar refractivity (Wildman–Crippen MR) is 90.6 cm³/mol. The Hall–Kier alpha value is -2.82. The van der Waals surface area contributed by atoms with Gasteiger partial charge in [-0.3, -0.25) is 9.59 Å². The summed E-state index contributed by atoms with van der Waals surface area (Å²) < 4.78 is 10.3. The third-order valence-electron chi connectivity index (χ3n) is 3.28. The summed E-state index contributed by atoms with van der Waals surface area (Å²) in [5.41, 5.74) is 1.81. The van der Waals surface area contributed by atoms with E-state index in [4.69, 9.17) is 9.47 Å². The lowest BCUT2D eigenvalue weighted by atomic mass is 10.1. The van der Waals surface area contributed by atoms with Crippen LogP contribution in [0.25, 0.3) is 0 Å². The molecule has 1 N–H and O–H groups in total. The molecule has 0 unspecified atom stereocenters. The van der Waals surface area contributed by atoms with Gasteiger partial charge in [0.2, 0.25) is 0 Å². The van der Waals surface area contributed by atoms with E-state index in [9.17, 15) is 9.59 Å². The van der Waals surface area contributed by atoms with E-state index in [2.05, 4.69) is 5.32 Å². The molecule has 126 valence electrons. The summed E-state index contributed by atoms with van der Waals surface area (Å²) in [6, 6.07) is 16.8. The molecule has 5 heteroatoms. The van der Waals surface area contributed by atoms with E-state index < -0.39 is 5.97 Å². The van der Waals surface area contributed by atoms with Crippen molar-refractivity contribution in [2.45, 2.75) is 19.9 Å². The Morgan fingerprint density at radius 1 is 0.958 bits per heavy atom. The molecule has 0 saturated heterocycles. The van der Waals surface area contributed by atoms with Crippen LogP contribution in [0.1, 0.15) is 18.1 Å². The zero-order valence-corrected chi connectivity index (χ0v) is 13.7. The fourth-order valence-electron chi connectivity index (χ4n) is 2.08. The monoisotopic (exact) mass is 327 g/mol. The van der Waals surface area contributed by atoms with E-state index in [1.165, 1.54) is 0 Å². The van der Waals surface area contributed by atoms with Crippen molar-refractivity contribution in [3.8, 4) is 5.75 Å². The Morgan fingerprint density at radius 2 is 1.67 bits per heavy atom. The minimum atomic E-state index is -0.436. The summed E-state index contributed by atoms with van der Waals surface area (Å²) in [6.45, 7) is 2.65. The average molecular weight is 327 g/mol. The fraction of sp³-hybridized carbons (Fsp3) is 0.263. The number of carbonyl (C=O) groups is 2. The van der Waals surface area contributed by atoms with Gasteiger partial charge in [-0.2, -0.15) is 0 Å². The first-order chi connectivity index (χ1) is 11.7. The normalized spacial score (nSPS) is 10.0. The molecule has 2 rings (SSSR count). The number of esters is 1. The topological polar surface area (TPSA) is 64.6 Å². The van der Waals surface area contributed by atoms with Crippen LogP contribution in [-0.4, -0.2) is 25.1 Å². The Morgan fingerprint density at radius 3 is 2.33 bits per heavy atom. The van der Waals surface area contributed by atoms with Crippen LogP contribution in [0.15, 0.2) is 54.6 Å². The van der Waals surface area contributed by atoms with E-state index in [0.717, 1.165) is 16.9 Å². The summed E-state index contributed by atoms with van der Waals surface area (Å²) >= 11 is 0. The minimum Gasteiger partial charge on any atom is -0.494 e. The molecule has 0 aliphatic heterocycles. The van der Waals surface area contributed by atoms with E-state index in [1.807, 2.05) is 49.4 Å². The lowest BCUT2D eigenvalue weighted by Gasteiger charge is -2.07. The Balaban J connectivity index is 1.69. The standard InChI is InChI=1S/C19H21NO4/c1-2-23-17-10-8-15(9-11-17)12-19(22)24-14-18(21)20-13-16-6-4-3-5-7-16/h3-11H,2,12-14H2,1H3,(H,20,21). The molecule has 0 spiro atoms. The Kier molecular flexibility index (Phi) is 6.83. The Labute approximate surface area is 141 Å². The molecular weight excluding hydrogens is 306 g/mol. The summed E-state index contributed by atoms with van der Waals surface area (Å²) in [5.74, 6) is 0.00262. The first-order valence-electron chi connectivity index (χ1n) is 7.85. The van der Waals surface area contributed by atoms with Crippen LogP contribution in [0.3, 0.4) is 0 Å². The SMILES string of the molecule is CCOc1ccc(CC(=O)OCC(=O)NCc2ccccc2)cc1. The molecule has 0 aromatic heterocycles. The molecule has 5 nitrogen and oxygen atoms in total. The van der Waals surface area contributed by atoms with Crippen LogP contribution in [0, 0.1) is 0 Å². The zero-order chi connectivity index (χ0) is 17.2. The second-order valence-corrected chi connectivity index (χ2v) is 5.18. The average Bonchev–Trinajstić information content (AvgIpc) is 2.61. The molecular formula is C19H21NO4. The minimum absolute atomic E-state index is 0.123. The fourth-order valence-corrected chi connectivity index (χ4v) is 2.08. The van der Waals surface area contributed by atoms with Gasteiger partial charge < -0.3 is 14.8 Å². The molecule has 0 fully saturated rings. The highest BCUT2D eigenvalue weighted by Gasteiger charge is 2.08. The molecule has 0 bridgehead atoms. The number of benzene rings is 2. The molecule has 0 aliphatic rings. The second kappa shape index (κ2) is 9.35. The number of amides is 1. The molecule has 1 amide bonds. The maximum Gasteiger partial charge on any atom is 0.310 e. The third-order valence-corrected chi connectivity index (χ3v) is 3.28. The van der Waals surface area contributed by atoms with Gasteiger partial charge in [0, 0.05) is 6.54 Å². The van der Waals surface area contributed by atoms with Gasteiger partial charge in [-0.05, 0) is 30.2 Å². The summed E-state index contributed by atoms with van der Waals surface area (Å²) in [7, 11) is 0. The van der Waals surface area contributed by atoms with Gasteiger partial charge in [-0.15, -0.1) is 0 Å². The Bertz CT molecular complexity index is 653. The zero-order valence-electron chi connectivity index (χ0n) is 13.7. The maximum absolute atomic E-state index is 11.8. The number of hydrogen-bond acceptors (Lipinski definition) is 4. The van der Waals surface area contributed by atoms with Gasteiger partial charge in [0.25, 0.3) is 5.91 Å². The first kappa shape index (κ1) is 17.5. The van der Waals surface area contributed by atoms with Crippen LogP contribution in [0.4, 0.5) is 0 Å². The van der Waals surface area contributed by atoms with Gasteiger partial charge in [0.1, 0.15) is 5.75 Å². The van der Waals surface area contributed by atoms with Crippen LogP contribution < -0.4 is 10.1 Å². The van der Waals surface area contributed by atoms with Crippen molar-refractivity contribution in [3.63, 3.8) is 0 Å². The van der Waals surface area contributed by atoms with Crippen molar-refractivity contribution in [1.29, 1.82) is 0 Å². The van der Waals surface area contributed by atoms with E-state index in [1.54, 1.807) is 12.1 Å². The summed E-state index contributed by atoms with van der Waals surface area (Å²) in [6.07, 6.45) is 0.123. The van der Waals surface area contributed by atoms with Crippen molar-refractivity contribution < 1.29 is 19.1 Å². The van der Waals surface area contributed by atoms with Crippen molar-refractivity contribution in [3.05, 3.63) is 65.7 Å². The van der Waals surface area contributed by atoms with Crippen molar-refractivity contribution in [2.24, 2.45) is 0 Å². The number of ether oxygens (including phenoxy) is 2. The first-order valence-corrected chi connectivity index (χ1v) is 7.85.